The van der Waals surface area contributed by atoms with Gasteiger partial charge in [0.15, 0.2) is 5.96 Å². The number of thiazole rings is 1. The van der Waals surface area contributed by atoms with E-state index in [9.17, 15) is 0 Å². The Hall–Kier alpha value is -1.35. The SMILES string of the molecule is C=C(C)CNC(=NCc1nc(C)c(C)s1)NCCc1ccco1.I. The molecule has 0 amide bonds. The minimum Gasteiger partial charge on any atom is -0.469 e. The molecule has 0 atom stereocenters. The Balaban J connectivity index is 0.00000288. The first kappa shape index (κ1) is 20.7. The van der Waals surface area contributed by atoms with Gasteiger partial charge in [0.05, 0.1) is 18.5 Å². The van der Waals surface area contributed by atoms with Crippen molar-refractivity contribution < 1.29 is 4.42 Å². The molecule has 0 aliphatic carbocycles. The molecule has 24 heavy (non-hydrogen) atoms. The second-order valence-corrected chi connectivity index (χ2v) is 6.77. The highest BCUT2D eigenvalue weighted by Crippen LogP contribution is 2.16. The average molecular weight is 460 g/mol. The fourth-order valence-corrected chi connectivity index (χ4v) is 2.78. The van der Waals surface area contributed by atoms with Crippen LogP contribution in [0.15, 0.2) is 40.0 Å². The molecule has 2 heterocycles. The van der Waals surface area contributed by atoms with E-state index in [4.69, 9.17) is 4.42 Å². The summed E-state index contributed by atoms with van der Waals surface area (Å²) in [5.74, 6) is 1.73. The lowest BCUT2D eigenvalue weighted by molar-refractivity contribution is 0.507. The van der Waals surface area contributed by atoms with Crippen LogP contribution >= 0.6 is 35.3 Å². The van der Waals surface area contributed by atoms with Gasteiger partial charge >= 0.3 is 0 Å². The van der Waals surface area contributed by atoms with Gasteiger partial charge in [-0.1, -0.05) is 12.2 Å². The molecular weight excluding hydrogens is 435 g/mol. The Morgan fingerprint density at radius 3 is 2.75 bits per heavy atom. The number of halogens is 1. The van der Waals surface area contributed by atoms with Crippen LogP contribution in [0.5, 0.6) is 0 Å². The van der Waals surface area contributed by atoms with Crippen LogP contribution in [0.1, 0.15) is 28.3 Å². The number of hydrogen-bond acceptors (Lipinski definition) is 4. The number of nitrogens with zero attached hydrogens (tertiary/aromatic N) is 2. The Bertz CT molecular complexity index is 645. The highest BCUT2D eigenvalue weighted by atomic mass is 127. The highest BCUT2D eigenvalue weighted by Gasteiger charge is 2.04. The Morgan fingerprint density at radius 1 is 1.38 bits per heavy atom. The minimum absolute atomic E-state index is 0. The van der Waals surface area contributed by atoms with Gasteiger partial charge in [-0.25, -0.2) is 9.98 Å². The zero-order valence-corrected chi connectivity index (χ0v) is 17.5. The molecule has 7 heteroatoms. The molecule has 2 rings (SSSR count). The number of furan rings is 1. The number of guanidine groups is 1. The molecule has 5 nitrogen and oxygen atoms in total. The fraction of sp³-hybridized carbons (Fsp3) is 0.412. The zero-order chi connectivity index (χ0) is 16.7. The molecule has 0 aliphatic heterocycles. The van der Waals surface area contributed by atoms with Gasteiger partial charge in [-0.05, 0) is 32.9 Å². The van der Waals surface area contributed by atoms with E-state index in [1.54, 1.807) is 17.6 Å². The predicted octanol–water partition coefficient (Wildman–Crippen LogP) is 3.82. The van der Waals surface area contributed by atoms with Gasteiger partial charge in [0.25, 0.3) is 0 Å². The molecule has 0 radical (unpaired) electrons. The molecule has 0 saturated heterocycles. The van der Waals surface area contributed by atoms with E-state index < -0.39 is 0 Å². The summed E-state index contributed by atoms with van der Waals surface area (Å²) < 4.78 is 5.34. The molecule has 132 valence electrons. The van der Waals surface area contributed by atoms with Crippen molar-refractivity contribution in [2.24, 2.45) is 4.99 Å². The fourth-order valence-electron chi connectivity index (χ4n) is 1.92. The quantitative estimate of drug-likeness (QED) is 0.286. The maximum Gasteiger partial charge on any atom is 0.191 e. The Morgan fingerprint density at radius 2 is 2.17 bits per heavy atom. The monoisotopic (exact) mass is 460 g/mol. The first-order valence-corrected chi connectivity index (χ1v) is 8.48. The van der Waals surface area contributed by atoms with Crippen molar-refractivity contribution in [1.82, 2.24) is 15.6 Å². The van der Waals surface area contributed by atoms with Crippen LogP contribution in [0.25, 0.3) is 0 Å². The lowest BCUT2D eigenvalue weighted by Crippen LogP contribution is -2.39. The van der Waals surface area contributed by atoms with Crippen molar-refractivity contribution in [3.8, 4) is 0 Å². The molecular formula is C17H25IN4OS. The molecule has 0 aromatic carbocycles. The van der Waals surface area contributed by atoms with Gasteiger partial charge in [0.2, 0.25) is 0 Å². The molecule has 0 fully saturated rings. The molecule has 2 aromatic rings. The van der Waals surface area contributed by atoms with Crippen molar-refractivity contribution in [2.45, 2.75) is 33.7 Å². The molecule has 0 unspecified atom stereocenters. The number of rotatable bonds is 7. The summed E-state index contributed by atoms with van der Waals surface area (Å²) in [7, 11) is 0. The molecule has 0 spiro atoms. The van der Waals surface area contributed by atoms with E-state index in [0.29, 0.717) is 13.1 Å². The summed E-state index contributed by atoms with van der Waals surface area (Å²) in [6, 6.07) is 3.87. The topological polar surface area (TPSA) is 62.5 Å². The first-order valence-electron chi connectivity index (χ1n) is 7.66. The van der Waals surface area contributed by atoms with Gasteiger partial charge in [-0.3, -0.25) is 0 Å². The number of hydrogen-bond donors (Lipinski definition) is 2. The third-order valence-electron chi connectivity index (χ3n) is 3.25. The third-order valence-corrected chi connectivity index (χ3v) is 4.30. The van der Waals surface area contributed by atoms with E-state index in [1.165, 1.54) is 4.88 Å². The van der Waals surface area contributed by atoms with Crippen LogP contribution < -0.4 is 10.6 Å². The lowest BCUT2D eigenvalue weighted by Gasteiger charge is -2.11. The Kier molecular flexibility index (Phi) is 9.05. The van der Waals surface area contributed by atoms with Crippen molar-refractivity contribution in [1.29, 1.82) is 0 Å². The van der Waals surface area contributed by atoms with Gasteiger partial charge < -0.3 is 15.1 Å². The molecule has 2 N–H and O–H groups in total. The number of aliphatic imine (C=N–C) groups is 1. The van der Waals surface area contributed by atoms with Gasteiger partial charge in [-0.2, -0.15) is 0 Å². The Labute approximate surface area is 164 Å². The van der Waals surface area contributed by atoms with Crippen LogP contribution in [-0.4, -0.2) is 24.0 Å². The zero-order valence-electron chi connectivity index (χ0n) is 14.4. The molecule has 0 saturated carbocycles. The standard InChI is InChI=1S/C17H24N4OS.HI/c1-12(2)10-19-17(18-8-7-15-6-5-9-22-15)20-11-16-21-13(3)14(4)23-16;/h5-6,9H,1,7-8,10-11H2,2-4H3,(H2,18,19,20);1H. The van der Waals surface area contributed by atoms with E-state index in [2.05, 4.69) is 34.1 Å². The first-order chi connectivity index (χ1) is 11.0. The molecule has 2 aromatic heterocycles. The van der Waals surface area contributed by atoms with Crippen molar-refractivity contribution >= 4 is 41.3 Å². The van der Waals surface area contributed by atoms with Gasteiger partial charge in [-0.15, -0.1) is 35.3 Å². The summed E-state index contributed by atoms with van der Waals surface area (Å²) in [6.07, 6.45) is 2.51. The largest absolute Gasteiger partial charge is 0.469 e. The molecule has 0 aliphatic rings. The lowest BCUT2D eigenvalue weighted by atomic mass is 10.3. The summed E-state index contributed by atoms with van der Waals surface area (Å²) in [5.41, 5.74) is 2.15. The van der Waals surface area contributed by atoms with Crippen LogP contribution in [0.4, 0.5) is 0 Å². The number of aromatic nitrogens is 1. The maximum atomic E-state index is 5.34. The average Bonchev–Trinajstić information content (AvgIpc) is 3.12. The van der Waals surface area contributed by atoms with Gasteiger partial charge in [0, 0.05) is 24.4 Å². The summed E-state index contributed by atoms with van der Waals surface area (Å²) in [6.45, 7) is 12.0. The third kappa shape index (κ3) is 7.04. The van der Waals surface area contributed by atoms with E-state index in [-0.39, 0.29) is 24.0 Å². The van der Waals surface area contributed by atoms with Crippen LogP contribution in [0, 0.1) is 13.8 Å². The van der Waals surface area contributed by atoms with E-state index in [0.717, 1.165) is 41.0 Å². The van der Waals surface area contributed by atoms with Crippen molar-refractivity contribution in [2.75, 3.05) is 13.1 Å². The minimum atomic E-state index is 0. The second kappa shape index (κ2) is 10.5. The highest BCUT2D eigenvalue weighted by molar-refractivity contribution is 14.0. The summed E-state index contributed by atoms with van der Waals surface area (Å²) >= 11 is 1.70. The van der Waals surface area contributed by atoms with Crippen molar-refractivity contribution in [3.63, 3.8) is 0 Å². The van der Waals surface area contributed by atoms with Crippen molar-refractivity contribution in [3.05, 3.63) is 51.9 Å². The van der Waals surface area contributed by atoms with Gasteiger partial charge in [0.1, 0.15) is 10.8 Å². The van der Waals surface area contributed by atoms with Crippen LogP contribution in [0.3, 0.4) is 0 Å². The summed E-state index contributed by atoms with van der Waals surface area (Å²) in [5, 5.41) is 7.63. The normalized spacial score (nSPS) is 11.0. The second-order valence-electron chi connectivity index (χ2n) is 5.48. The number of nitrogens with one attached hydrogen (secondary N) is 2. The molecule has 0 bridgehead atoms. The smallest absolute Gasteiger partial charge is 0.191 e. The van der Waals surface area contributed by atoms with E-state index >= 15 is 0 Å². The van der Waals surface area contributed by atoms with Crippen LogP contribution in [0.2, 0.25) is 0 Å². The maximum absolute atomic E-state index is 5.34. The van der Waals surface area contributed by atoms with Crippen LogP contribution in [-0.2, 0) is 13.0 Å². The summed E-state index contributed by atoms with van der Waals surface area (Å²) in [4.78, 5) is 10.4. The predicted molar refractivity (Wildman–Crippen MR) is 111 cm³/mol. The number of aryl methyl sites for hydroxylation is 2. The van der Waals surface area contributed by atoms with E-state index in [1.807, 2.05) is 26.0 Å².